The lowest BCUT2D eigenvalue weighted by atomic mass is 10.1. The molecule has 9 nitrogen and oxygen atoms in total. The number of carbonyl (C=O) groups is 1. The number of hydrogen-bond donors (Lipinski definition) is 4. The molecule has 0 aliphatic rings. The van der Waals surface area contributed by atoms with E-state index < -0.39 is 16.1 Å². The summed E-state index contributed by atoms with van der Waals surface area (Å²) in [4.78, 5) is 19.8. The molecule has 0 aliphatic carbocycles. The van der Waals surface area contributed by atoms with Crippen molar-refractivity contribution >= 4 is 33.0 Å². The van der Waals surface area contributed by atoms with Gasteiger partial charge in [0.15, 0.2) is 0 Å². The molecular weight excluding hydrogens is 571 g/mol. The number of nitrogens with one attached hydrogen (secondary N) is 3. The summed E-state index contributed by atoms with van der Waals surface area (Å²) in [6, 6.07) is 17.7. The molecule has 2 aromatic heterocycles. The first-order valence-electron chi connectivity index (χ1n) is 14.0. The van der Waals surface area contributed by atoms with E-state index in [0.717, 1.165) is 59.5 Å². The lowest BCUT2D eigenvalue weighted by Gasteiger charge is -2.12. The Balaban J connectivity index is 1.22. The highest BCUT2D eigenvalue weighted by Crippen LogP contribution is 2.26. The van der Waals surface area contributed by atoms with E-state index in [1.165, 1.54) is 6.92 Å². The predicted octanol–water partition coefficient (Wildman–Crippen LogP) is 4.72. The molecule has 2 aromatic carbocycles. The SMILES string of the molecule is CC(=O)NCCCCCc1csc(-c2ccc(S(=O)(=O)Nc3ccc(CCNC[C@H](O)c4cccnc4)cc3)cc2)n1. The second kappa shape index (κ2) is 15.5. The third-order valence-corrected chi connectivity index (χ3v) is 8.99. The van der Waals surface area contributed by atoms with E-state index in [0.29, 0.717) is 25.3 Å². The molecule has 0 spiro atoms. The maximum atomic E-state index is 13.0. The Morgan fingerprint density at radius 3 is 2.48 bits per heavy atom. The van der Waals surface area contributed by atoms with E-state index in [9.17, 15) is 18.3 Å². The van der Waals surface area contributed by atoms with E-state index in [1.807, 2.05) is 23.6 Å². The van der Waals surface area contributed by atoms with Gasteiger partial charge in [0, 0.05) is 54.6 Å². The van der Waals surface area contributed by atoms with Gasteiger partial charge >= 0.3 is 0 Å². The first-order chi connectivity index (χ1) is 20.3. The Morgan fingerprint density at radius 1 is 0.976 bits per heavy atom. The van der Waals surface area contributed by atoms with Gasteiger partial charge in [-0.3, -0.25) is 14.5 Å². The van der Waals surface area contributed by atoms with Gasteiger partial charge in [0.2, 0.25) is 5.91 Å². The number of anilines is 1. The van der Waals surface area contributed by atoms with Gasteiger partial charge in [-0.25, -0.2) is 13.4 Å². The molecule has 0 bridgehead atoms. The highest BCUT2D eigenvalue weighted by molar-refractivity contribution is 7.92. The van der Waals surface area contributed by atoms with E-state index in [-0.39, 0.29) is 10.8 Å². The fourth-order valence-corrected chi connectivity index (χ4v) is 6.24. The summed E-state index contributed by atoms with van der Waals surface area (Å²) in [5, 5.41) is 19.2. The van der Waals surface area contributed by atoms with Crippen LogP contribution in [-0.2, 0) is 27.7 Å². The molecular formula is C31H37N5O4S2. The minimum absolute atomic E-state index is 0.000888. The van der Waals surface area contributed by atoms with Crippen LogP contribution >= 0.6 is 11.3 Å². The van der Waals surface area contributed by atoms with Gasteiger partial charge in [0.25, 0.3) is 10.0 Å². The van der Waals surface area contributed by atoms with Gasteiger partial charge in [0.1, 0.15) is 5.01 Å². The number of aliphatic hydroxyl groups excluding tert-OH is 1. The molecule has 2 heterocycles. The van der Waals surface area contributed by atoms with Crippen molar-refractivity contribution in [2.24, 2.45) is 0 Å². The molecule has 4 aromatic rings. The summed E-state index contributed by atoms with van der Waals surface area (Å²) < 4.78 is 28.6. The number of amides is 1. The van der Waals surface area contributed by atoms with Crippen LogP contribution in [0.3, 0.4) is 0 Å². The van der Waals surface area contributed by atoms with Crippen LogP contribution in [0.4, 0.5) is 5.69 Å². The summed E-state index contributed by atoms with van der Waals surface area (Å²) in [5.74, 6) is -0.000888. The first kappa shape index (κ1) is 31.3. The molecule has 4 N–H and O–H groups in total. The lowest BCUT2D eigenvalue weighted by molar-refractivity contribution is -0.118. The van der Waals surface area contributed by atoms with E-state index >= 15 is 0 Å². The van der Waals surface area contributed by atoms with E-state index in [1.54, 1.807) is 66.2 Å². The number of rotatable bonds is 16. The number of aromatic nitrogens is 2. The monoisotopic (exact) mass is 607 g/mol. The van der Waals surface area contributed by atoms with Crippen LogP contribution in [0.25, 0.3) is 10.6 Å². The van der Waals surface area contributed by atoms with Crippen LogP contribution < -0.4 is 15.4 Å². The summed E-state index contributed by atoms with van der Waals surface area (Å²) in [5.41, 5.74) is 4.21. The second-order valence-corrected chi connectivity index (χ2v) is 12.6. The molecule has 0 unspecified atom stereocenters. The number of carbonyl (C=O) groups excluding carboxylic acids is 1. The predicted molar refractivity (Wildman–Crippen MR) is 167 cm³/mol. The Morgan fingerprint density at radius 2 is 1.76 bits per heavy atom. The number of unbranched alkanes of at least 4 members (excludes halogenated alkanes) is 2. The number of benzene rings is 2. The Bertz CT molecular complexity index is 1510. The molecule has 11 heteroatoms. The topological polar surface area (TPSA) is 133 Å². The normalized spacial score (nSPS) is 12.1. The largest absolute Gasteiger partial charge is 0.387 e. The lowest BCUT2D eigenvalue weighted by Crippen LogP contribution is -2.23. The van der Waals surface area contributed by atoms with Crippen LogP contribution in [-0.4, -0.2) is 49.0 Å². The third kappa shape index (κ3) is 9.73. The van der Waals surface area contributed by atoms with Gasteiger partial charge in [0.05, 0.1) is 16.7 Å². The average molecular weight is 608 g/mol. The van der Waals surface area contributed by atoms with Gasteiger partial charge < -0.3 is 15.7 Å². The van der Waals surface area contributed by atoms with Crippen LogP contribution in [0.1, 0.15) is 49.1 Å². The minimum Gasteiger partial charge on any atom is -0.387 e. The van der Waals surface area contributed by atoms with Crippen LogP contribution in [0.15, 0.2) is 83.3 Å². The Kier molecular flexibility index (Phi) is 11.6. The highest BCUT2D eigenvalue weighted by atomic mass is 32.2. The average Bonchev–Trinajstić information content (AvgIpc) is 3.47. The van der Waals surface area contributed by atoms with Crippen LogP contribution in [0.2, 0.25) is 0 Å². The number of sulfonamides is 1. The van der Waals surface area contributed by atoms with Crippen molar-refractivity contribution in [1.82, 2.24) is 20.6 Å². The zero-order valence-electron chi connectivity index (χ0n) is 23.6. The summed E-state index contributed by atoms with van der Waals surface area (Å²) in [7, 11) is -3.74. The fraction of sp³-hybridized carbons (Fsp3) is 0.323. The Labute approximate surface area is 251 Å². The van der Waals surface area contributed by atoms with Crippen molar-refractivity contribution in [3.63, 3.8) is 0 Å². The molecule has 0 saturated carbocycles. The zero-order valence-corrected chi connectivity index (χ0v) is 25.3. The van der Waals surface area contributed by atoms with Crippen molar-refractivity contribution in [3.8, 4) is 10.6 Å². The van der Waals surface area contributed by atoms with Crippen molar-refractivity contribution in [1.29, 1.82) is 0 Å². The molecule has 4 rings (SSSR count). The summed E-state index contributed by atoms with van der Waals surface area (Å²) in [6.45, 7) is 3.32. The first-order valence-corrected chi connectivity index (χ1v) is 16.4. The smallest absolute Gasteiger partial charge is 0.261 e. The van der Waals surface area contributed by atoms with Gasteiger partial charge in [-0.2, -0.15) is 0 Å². The van der Waals surface area contributed by atoms with Gasteiger partial charge in [-0.15, -0.1) is 11.3 Å². The fourth-order valence-electron chi connectivity index (χ4n) is 4.32. The molecule has 1 atom stereocenters. The summed E-state index contributed by atoms with van der Waals surface area (Å²) in [6.07, 6.45) is 7.29. The maximum Gasteiger partial charge on any atom is 0.261 e. The van der Waals surface area contributed by atoms with Crippen LogP contribution in [0.5, 0.6) is 0 Å². The maximum absolute atomic E-state index is 13.0. The molecule has 0 aliphatic heterocycles. The van der Waals surface area contributed by atoms with Crippen molar-refractivity contribution in [2.75, 3.05) is 24.4 Å². The van der Waals surface area contributed by atoms with Crippen molar-refractivity contribution in [3.05, 3.63) is 95.3 Å². The molecule has 1 amide bonds. The van der Waals surface area contributed by atoms with Gasteiger partial charge in [-0.1, -0.05) is 36.8 Å². The number of hydrogen-bond acceptors (Lipinski definition) is 8. The molecule has 0 radical (unpaired) electrons. The zero-order chi connectivity index (χ0) is 29.8. The van der Waals surface area contributed by atoms with Crippen molar-refractivity contribution in [2.45, 2.75) is 50.0 Å². The second-order valence-electron chi connectivity index (χ2n) is 10.0. The standard InChI is InChI=1S/C31H37N5O4S2/c1-23(37)34-18-4-2-3-7-28-22-41-31(35-28)25-10-14-29(15-11-25)42(39,40)36-27-12-8-24(9-13-27)16-19-33-21-30(38)26-6-5-17-32-20-26/h5-6,8-15,17,20,22,30,33,36,38H,2-4,7,16,18-19,21H2,1H3,(H,34,37)/t30-/m0/s1. The summed E-state index contributed by atoms with van der Waals surface area (Å²) >= 11 is 1.55. The number of aliphatic hydroxyl groups is 1. The number of thiazole rings is 1. The molecule has 0 saturated heterocycles. The number of aryl methyl sites for hydroxylation is 1. The van der Waals surface area contributed by atoms with E-state index in [4.69, 9.17) is 4.98 Å². The number of pyridine rings is 1. The third-order valence-electron chi connectivity index (χ3n) is 6.65. The molecule has 222 valence electrons. The Hall–Kier alpha value is -3.64. The van der Waals surface area contributed by atoms with Crippen LogP contribution in [0, 0.1) is 0 Å². The van der Waals surface area contributed by atoms with Gasteiger partial charge in [-0.05, 0) is 68.1 Å². The number of nitrogens with zero attached hydrogens (tertiary/aromatic N) is 2. The van der Waals surface area contributed by atoms with Crippen molar-refractivity contribution < 1.29 is 18.3 Å². The minimum atomic E-state index is -3.74. The molecule has 0 fully saturated rings. The van der Waals surface area contributed by atoms with E-state index in [2.05, 4.69) is 20.3 Å². The quantitative estimate of drug-likeness (QED) is 0.136. The highest BCUT2D eigenvalue weighted by Gasteiger charge is 2.15. The molecule has 42 heavy (non-hydrogen) atoms.